The van der Waals surface area contributed by atoms with E-state index in [2.05, 4.69) is 25.9 Å². The molecule has 0 aliphatic carbocycles. The van der Waals surface area contributed by atoms with Crippen molar-refractivity contribution in [3.63, 3.8) is 0 Å². The number of nitrogens with two attached hydrogens (primary N) is 5. The summed E-state index contributed by atoms with van der Waals surface area (Å²) in [6, 6.07) is -4.84. The number of nitrogens with one attached hydrogen (secondary N) is 3. The molecule has 0 aromatic rings. The zero-order valence-electron chi connectivity index (χ0n) is 22.2. The van der Waals surface area contributed by atoms with Gasteiger partial charge < -0.3 is 54.8 Å². The highest BCUT2D eigenvalue weighted by atomic mass is 16.4. The van der Waals surface area contributed by atoms with Gasteiger partial charge in [0.05, 0.1) is 12.1 Å². The maximum Gasteiger partial charge on any atom is 0.326 e. The fourth-order valence-electron chi connectivity index (χ4n) is 3.23. The van der Waals surface area contributed by atoms with Gasteiger partial charge in [-0.2, -0.15) is 0 Å². The Morgan fingerprint density at radius 1 is 0.789 bits per heavy atom. The molecule has 0 bridgehead atoms. The number of aliphatic hydroxyl groups excluding tert-OH is 1. The van der Waals surface area contributed by atoms with Crippen LogP contribution in [0.1, 0.15) is 52.9 Å². The third kappa shape index (κ3) is 13.6. The second-order valence-corrected chi connectivity index (χ2v) is 9.00. The molecular weight excluding hydrogens is 500 g/mol. The van der Waals surface area contributed by atoms with E-state index in [1.54, 1.807) is 6.92 Å². The van der Waals surface area contributed by atoms with E-state index < -0.39 is 54.0 Å². The van der Waals surface area contributed by atoms with Crippen LogP contribution in [0.2, 0.25) is 0 Å². The van der Waals surface area contributed by atoms with E-state index in [0.29, 0.717) is 12.8 Å². The molecule has 0 fully saturated rings. The van der Waals surface area contributed by atoms with Crippen molar-refractivity contribution in [2.24, 2.45) is 44.6 Å². The lowest BCUT2D eigenvalue weighted by Gasteiger charge is -2.27. The molecule has 218 valence electrons. The Labute approximate surface area is 222 Å². The fraction of sp³-hybridized carbons (Fsp3) is 0.727. The van der Waals surface area contributed by atoms with Crippen LogP contribution in [0.4, 0.5) is 0 Å². The van der Waals surface area contributed by atoms with Crippen molar-refractivity contribution >= 4 is 35.6 Å². The van der Waals surface area contributed by atoms with Crippen molar-refractivity contribution in [2.75, 3.05) is 13.1 Å². The van der Waals surface area contributed by atoms with Crippen molar-refractivity contribution in [2.45, 2.75) is 83.1 Å². The Morgan fingerprint density at radius 2 is 1.26 bits per heavy atom. The highest BCUT2D eigenvalue weighted by Crippen LogP contribution is 2.08. The minimum atomic E-state index is -1.51. The molecule has 3 amide bonds. The molecule has 0 radical (unpaired) electrons. The smallest absolute Gasteiger partial charge is 0.326 e. The number of rotatable bonds is 18. The molecule has 38 heavy (non-hydrogen) atoms. The van der Waals surface area contributed by atoms with E-state index in [1.165, 1.54) is 6.92 Å². The Morgan fingerprint density at radius 3 is 1.68 bits per heavy atom. The molecule has 15 N–H and O–H groups in total. The Kier molecular flexibility index (Phi) is 16.0. The second-order valence-electron chi connectivity index (χ2n) is 9.00. The van der Waals surface area contributed by atoms with Gasteiger partial charge in [-0.05, 0) is 38.5 Å². The molecule has 0 heterocycles. The van der Waals surface area contributed by atoms with Crippen LogP contribution in [0.3, 0.4) is 0 Å². The summed E-state index contributed by atoms with van der Waals surface area (Å²) in [4.78, 5) is 57.7. The number of hydrogen-bond acceptors (Lipinski definition) is 8. The minimum Gasteiger partial charge on any atom is -0.480 e. The quantitative estimate of drug-likeness (QED) is 0.0456. The maximum absolute atomic E-state index is 13.1. The van der Waals surface area contributed by atoms with Crippen LogP contribution in [-0.2, 0) is 19.2 Å². The largest absolute Gasteiger partial charge is 0.480 e. The van der Waals surface area contributed by atoms with E-state index in [-0.39, 0.29) is 50.2 Å². The van der Waals surface area contributed by atoms with Crippen LogP contribution in [0.5, 0.6) is 0 Å². The highest BCUT2D eigenvalue weighted by Gasteiger charge is 2.33. The van der Waals surface area contributed by atoms with Crippen LogP contribution < -0.4 is 44.6 Å². The number of carbonyl (C=O) groups excluding carboxylic acids is 3. The lowest BCUT2D eigenvalue weighted by Crippen LogP contribution is -2.60. The van der Waals surface area contributed by atoms with Crippen molar-refractivity contribution in [1.29, 1.82) is 0 Å². The summed E-state index contributed by atoms with van der Waals surface area (Å²) in [5.74, 6) is -4.02. The molecule has 6 unspecified atom stereocenters. The number of carboxylic acid groups (broad SMARTS) is 1. The lowest BCUT2D eigenvalue weighted by molar-refractivity contribution is -0.143. The number of nitrogens with zero attached hydrogens (tertiary/aromatic N) is 2. The molecule has 16 nitrogen and oxygen atoms in total. The minimum absolute atomic E-state index is 0.00466. The van der Waals surface area contributed by atoms with E-state index >= 15 is 0 Å². The van der Waals surface area contributed by atoms with Gasteiger partial charge in [0.15, 0.2) is 11.9 Å². The normalized spacial score (nSPS) is 15.5. The second kappa shape index (κ2) is 17.7. The molecule has 0 aromatic heterocycles. The van der Waals surface area contributed by atoms with Crippen LogP contribution >= 0.6 is 0 Å². The number of amides is 3. The highest BCUT2D eigenvalue weighted by molar-refractivity contribution is 5.94. The molecule has 0 saturated carbocycles. The summed E-state index contributed by atoms with van der Waals surface area (Å²) in [5.41, 5.74) is 27.1. The summed E-state index contributed by atoms with van der Waals surface area (Å²) >= 11 is 0. The molecule has 0 aliphatic rings. The first kappa shape index (κ1) is 34.3. The average Bonchev–Trinajstić information content (AvgIpc) is 2.83. The van der Waals surface area contributed by atoms with Crippen molar-refractivity contribution in [3.05, 3.63) is 0 Å². The molecule has 0 aliphatic heterocycles. The summed E-state index contributed by atoms with van der Waals surface area (Å²) < 4.78 is 0. The first-order valence-electron chi connectivity index (χ1n) is 12.4. The topological polar surface area (TPSA) is 300 Å². The number of aliphatic carboxylic acids is 1. The van der Waals surface area contributed by atoms with Crippen molar-refractivity contribution < 1.29 is 29.4 Å². The standard InChI is InChI=1S/C22H44N10O6/c1-4-11(2)15(23)18(35)30-13(7-5-9-28-21(24)25)17(34)32-16(12(3)33)19(36)31-14(20(37)38)8-6-10-29-22(26)27/h11-16,33H,4-10,23H2,1-3H3,(H,30,35)(H,31,36)(H,32,34)(H,37,38)(H4,24,25,28)(H4,26,27,29). The van der Waals surface area contributed by atoms with E-state index in [9.17, 15) is 29.4 Å². The van der Waals surface area contributed by atoms with Gasteiger partial charge in [0.1, 0.15) is 18.1 Å². The van der Waals surface area contributed by atoms with Crippen LogP contribution in [0.25, 0.3) is 0 Å². The van der Waals surface area contributed by atoms with Crippen LogP contribution in [-0.4, -0.2) is 89.2 Å². The lowest BCUT2D eigenvalue weighted by atomic mass is 9.98. The Bertz CT molecular complexity index is 842. The van der Waals surface area contributed by atoms with Gasteiger partial charge >= 0.3 is 5.97 Å². The molecule has 0 saturated heterocycles. The van der Waals surface area contributed by atoms with Gasteiger partial charge in [-0.15, -0.1) is 0 Å². The first-order valence-corrected chi connectivity index (χ1v) is 12.4. The van der Waals surface area contributed by atoms with Gasteiger partial charge in [-0.25, -0.2) is 4.79 Å². The average molecular weight is 545 g/mol. The monoisotopic (exact) mass is 544 g/mol. The Hall–Kier alpha value is -3.66. The van der Waals surface area contributed by atoms with Gasteiger partial charge in [0.25, 0.3) is 0 Å². The van der Waals surface area contributed by atoms with E-state index in [0.717, 1.165) is 0 Å². The number of guanidine groups is 2. The summed E-state index contributed by atoms with van der Waals surface area (Å²) in [5, 5.41) is 26.9. The first-order chi connectivity index (χ1) is 17.7. The summed E-state index contributed by atoms with van der Waals surface area (Å²) in [6.45, 7) is 5.25. The van der Waals surface area contributed by atoms with E-state index in [1.807, 2.05) is 6.92 Å². The summed E-state index contributed by atoms with van der Waals surface area (Å²) in [6.07, 6.45) is -0.112. The third-order valence-corrected chi connectivity index (χ3v) is 5.76. The van der Waals surface area contributed by atoms with Crippen molar-refractivity contribution in [3.8, 4) is 0 Å². The van der Waals surface area contributed by atoms with Gasteiger partial charge in [0.2, 0.25) is 17.7 Å². The molecule has 16 heteroatoms. The van der Waals surface area contributed by atoms with Gasteiger partial charge in [-0.3, -0.25) is 24.4 Å². The zero-order chi connectivity index (χ0) is 29.4. The molecule has 6 atom stereocenters. The SMILES string of the molecule is CCC(C)C(N)C(=O)NC(CCCN=C(N)N)C(=O)NC(C(=O)NC(CCCN=C(N)N)C(=O)O)C(C)O. The number of aliphatic imine (C=N–C) groups is 2. The maximum atomic E-state index is 13.1. The van der Waals surface area contributed by atoms with Crippen molar-refractivity contribution in [1.82, 2.24) is 16.0 Å². The number of aliphatic hydroxyl groups is 1. The number of hydrogen-bond donors (Lipinski definition) is 10. The van der Waals surface area contributed by atoms with Crippen LogP contribution in [0, 0.1) is 5.92 Å². The predicted octanol–water partition coefficient (Wildman–Crippen LogP) is -3.61. The van der Waals surface area contributed by atoms with Gasteiger partial charge in [-0.1, -0.05) is 20.3 Å². The molecule has 0 rings (SSSR count). The molecule has 0 spiro atoms. The fourth-order valence-corrected chi connectivity index (χ4v) is 3.23. The Balaban J connectivity index is 5.53. The predicted molar refractivity (Wildman–Crippen MR) is 142 cm³/mol. The third-order valence-electron chi connectivity index (χ3n) is 5.76. The number of carbonyl (C=O) groups is 4. The van der Waals surface area contributed by atoms with Crippen LogP contribution in [0.15, 0.2) is 9.98 Å². The van der Waals surface area contributed by atoms with E-state index in [4.69, 9.17) is 28.7 Å². The number of carboxylic acids is 1. The molecule has 0 aromatic carbocycles. The molecular formula is C22H44N10O6. The summed E-state index contributed by atoms with van der Waals surface area (Å²) in [7, 11) is 0. The van der Waals surface area contributed by atoms with Gasteiger partial charge in [0, 0.05) is 13.1 Å². The zero-order valence-corrected chi connectivity index (χ0v) is 22.2.